The van der Waals surface area contributed by atoms with E-state index in [1.54, 1.807) is 12.1 Å². The van der Waals surface area contributed by atoms with Crippen LogP contribution in [0.25, 0.3) is 0 Å². The predicted molar refractivity (Wildman–Crippen MR) is 114 cm³/mol. The van der Waals surface area contributed by atoms with Gasteiger partial charge in [0, 0.05) is 18.2 Å². The number of nitrogens with zero attached hydrogens (tertiary/aromatic N) is 1. The number of rotatable bonds is 9. The minimum absolute atomic E-state index is 0.0664. The van der Waals surface area contributed by atoms with Gasteiger partial charge >= 0.3 is 0 Å². The first kappa shape index (κ1) is 22.1. The molecule has 0 unspecified atom stereocenters. The van der Waals surface area contributed by atoms with Crippen LogP contribution in [0.3, 0.4) is 0 Å². The molecular weight excluding hydrogens is 366 g/mol. The van der Waals surface area contributed by atoms with Gasteiger partial charge in [-0.15, -0.1) is 0 Å². The predicted octanol–water partition coefficient (Wildman–Crippen LogP) is 2.92. The molecule has 0 aromatic heterocycles. The summed E-state index contributed by atoms with van der Waals surface area (Å²) in [5.74, 6) is -0.748. The molecule has 0 radical (unpaired) electrons. The first-order valence-corrected chi connectivity index (χ1v) is 9.81. The number of anilines is 1. The van der Waals surface area contributed by atoms with Gasteiger partial charge in [0.25, 0.3) is 0 Å². The molecule has 6 heteroatoms. The minimum Gasteiger partial charge on any atom is -0.345 e. The smallest absolute Gasteiger partial charge is 0.243 e. The van der Waals surface area contributed by atoms with Gasteiger partial charge in [0.05, 0.1) is 13.1 Å². The lowest BCUT2D eigenvalue weighted by Gasteiger charge is -2.26. The average molecular weight is 396 g/mol. The number of carbonyl (C=O) groups is 3. The fourth-order valence-corrected chi connectivity index (χ4v) is 2.83. The molecule has 0 aliphatic rings. The van der Waals surface area contributed by atoms with Crippen molar-refractivity contribution in [3.05, 3.63) is 65.7 Å². The van der Waals surface area contributed by atoms with Gasteiger partial charge in [-0.1, -0.05) is 48.0 Å². The van der Waals surface area contributed by atoms with Crippen LogP contribution in [0.5, 0.6) is 0 Å². The second kappa shape index (κ2) is 11.0. The SMILES string of the molecule is Cc1ccc(NC(=O)CNC(=O)CN(C(=O)CCc2ccccc2)C(C)C)cc1. The lowest BCUT2D eigenvalue weighted by atomic mass is 10.1. The number of hydrogen-bond donors (Lipinski definition) is 2. The molecule has 0 saturated carbocycles. The monoisotopic (exact) mass is 395 g/mol. The van der Waals surface area contributed by atoms with E-state index >= 15 is 0 Å². The van der Waals surface area contributed by atoms with E-state index in [1.165, 1.54) is 4.90 Å². The standard InChI is InChI=1S/C23H29N3O3/c1-17(2)26(23(29)14-11-19-7-5-4-6-8-19)16-22(28)24-15-21(27)25-20-12-9-18(3)10-13-20/h4-10,12-13,17H,11,14-16H2,1-3H3,(H,24,28)(H,25,27). The Morgan fingerprint density at radius 2 is 1.59 bits per heavy atom. The van der Waals surface area contributed by atoms with Crippen molar-refractivity contribution in [3.8, 4) is 0 Å². The second-order valence-electron chi connectivity index (χ2n) is 7.29. The molecule has 29 heavy (non-hydrogen) atoms. The van der Waals surface area contributed by atoms with E-state index in [4.69, 9.17) is 0 Å². The summed E-state index contributed by atoms with van der Waals surface area (Å²) in [6.07, 6.45) is 0.965. The topological polar surface area (TPSA) is 78.5 Å². The molecule has 2 N–H and O–H groups in total. The molecule has 0 fully saturated rings. The van der Waals surface area contributed by atoms with Crippen LogP contribution < -0.4 is 10.6 Å². The van der Waals surface area contributed by atoms with Gasteiger partial charge in [-0.2, -0.15) is 0 Å². The lowest BCUT2D eigenvalue weighted by molar-refractivity contribution is -0.137. The molecule has 2 aromatic rings. The minimum atomic E-state index is -0.356. The molecule has 3 amide bonds. The van der Waals surface area contributed by atoms with Gasteiger partial charge in [0.15, 0.2) is 0 Å². The Bertz CT molecular complexity index is 817. The van der Waals surface area contributed by atoms with Crippen LogP contribution >= 0.6 is 0 Å². The third-order valence-corrected chi connectivity index (χ3v) is 4.51. The van der Waals surface area contributed by atoms with Crippen molar-refractivity contribution in [2.45, 2.75) is 39.7 Å². The second-order valence-corrected chi connectivity index (χ2v) is 7.29. The average Bonchev–Trinajstić information content (AvgIpc) is 2.71. The van der Waals surface area contributed by atoms with Crippen molar-refractivity contribution in [1.29, 1.82) is 0 Å². The fourth-order valence-electron chi connectivity index (χ4n) is 2.83. The van der Waals surface area contributed by atoms with Crippen molar-refractivity contribution in [2.75, 3.05) is 18.4 Å². The quantitative estimate of drug-likeness (QED) is 0.685. The highest BCUT2D eigenvalue weighted by Gasteiger charge is 2.20. The number of hydrogen-bond acceptors (Lipinski definition) is 3. The Labute approximate surface area is 172 Å². The van der Waals surface area contributed by atoms with E-state index in [2.05, 4.69) is 10.6 Å². The molecule has 0 spiro atoms. The van der Waals surface area contributed by atoms with Crippen molar-refractivity contribution >= 4 is 23.4 Å². The molecule has 0 aliphatic carbocycles. The Morgan fingerprint density at radius 3 is 2.21 bits per heavy atom. The van der Waals surface area contributed by atoms with Gasteiger partial charge in [-0.05, 0) is 44.9 Å². The fraction of sp³-hybridized carbons (Fsp3) is 0.348. The van der Waals surface area contributed by atoms with Crippen molar-refractivity contribution in [1.82, 2.24) is 10.2 Å². The number of aryl methyl sites for hydroxylation is 2. The Hall–Kier alpha value is -3.15. The third kappa shape index (κ3) is 7.78. The highest BCUT2D eigenvalue weighted by Crippen LogP contribution is 2.09. The molecular formula is C23H29N3O3. The molecule has 6 nitrogen and oxygen atoms in total. The van der Waals surface area contributed by atoms with E-state index in [0.29, 0.717) is 18.5 Å². The summed E-state index contributed by atoms with van der Waals surface area (Å²) >= 11 is 0. The van der Waals surface area contributed by atoms with Gasteiger partial charge in [0.1, 0.15) is 0 Å². The van der Waals surface area contributed by atoms with Crippen LogP contribution in [0.15, 0.2) is 54.6 Å². The third-order valence-electron chi connectivity index (χ3n) is 4.51. The van der Waals surface area contributed by atoms with Crippen LogP contribution in [0.1, 0.15) is 31.4 Å². The van der Waals surface area contributed by atoms with E-state index in [0.717, 1.165) is 11.1 Å². The van der Waals surface area contributed by atoms with Crippen molar-refractivity contribution < 1.29 is 14.4 Å². The largest absolute Gasteiger partial charge is 0.345 e. The van der Waals surface area contributed by atoms with E-state index in [-0.39, 0.29) is 36.9 Å². The summed E-state index contributed by atoms with van der Waals surface area (Å²) in [7, 11) is 0. The highest BCUT2D eigenvalue weighted by molar-refractivity contribution is 5.95. The van der Waals surface area contributed by atoms with Crippen molar-refractivity contribution in [2.24, 2.45) is 0 Å². The number of amides is 3. The van der Waals surface area contributed by atoms with Gasteiger partial charge in [0.2, 0.25) is 17.7 Å². The molecule has 0 bridgehead atoms. The first-order valence-electron chi connectivity index (χ1n) is 9.81. The molecule has 0 atom stereocenters. The van der Waals surface area contributed by atoms with Crippen molar-refractivity contribution in [3.63, 3.8) is 0 Å². The molecule has 2 rings (SSSR count). The molecule has 0 saturated heterocycles. The highest BCUT2D eigenvalue weighted by atomic mass is 16.2. The summed E-state index contributed by atoms with van der Waals surface area (Å²) in [5.41, 5.74) is 2.86. The Kier molecular flexibility index (Phi) is 8.40. The molecule has 0 heterocycles. The Morgan fingerprint density at radius 1 is 0.931 bits per heavy atom. The van der Waals surface area contributed by atoms with Gasteiger partial charge < -0.3 is 15.5 Å². The van der Waals surface area contributed by atoms with Gasteiger partial charge in [-0.25, -0.2) is 0 Å². The summed E-state index contributed by atoms with van der Waals surface area (Å²) in [6, 6.07) is 17.1. The first-order chi connectivity index (χ1) is 13.8. The lowest BCUT2D eigenvalue weighted by Crippen LogP contribution is -2.45. The summed E-state index contributed by atoms with van der Waals surface area (Å²) < 4.78 is 0. The zero-order valence-electron chi connectivity index (χ0n) is 17.3. The number of benzene rings is 2. The van der Waals surface area contributed by atoms with Crippen LogP contribution in [0, 0.1) is 6.92 Å². The van der Waals surface area contributed by atoms with Crippen LogP contribution in [0.4, 0.5) is 5.69 Å². The van der Waals surface area contributed by atoms with Crippen LogP contribution in [0.2, 0.25) is 0 Å². The maximum absolute atomic E-state index is 12.6. The maximum Gasteiger partial charge on any atom is 0.243 e. The molecule has 154 valence electrons. The Balaban J connectivity index is 1.79. The normalized spacial score (nSPS) is 10.5. The maximum atomic E-state index is 12.6. The number of nitrogens with one attached hydrogen (secondary N) is 2. The zero-order chi connectivity index (χ0) is 21.2. The van der Waals surface area contributed by atoms with Crippen LogP contribution in [-0.4, -0.2) is 41.8 Å². The molecule has 0 aliphatic heterocycles. The summed E-state index contributed by atoms with van der Waals surface area (Å²) in [5, 5.41) is 5.31. The summed E-state index contributed by atoms with van der Waals surface area (Å²) in [6.45, 7) is 5.50. The van der Waals surface area contributed by atoms with E-state index in [1.807, 2.05) is 63.2 Å². The van der Waals surface area contributed by atoms with Crippen LogP contribution in [-0.2, 0) is 20.8 Å². The zero-order valence-corrected chi connectivity index (χ0v) is 17.3. The molecule has 2 aromatic carbocycles. The van der Waals surface area contributed by atoms with E-state index < -0.39 is 0 Å². The van der Waals surface area contributed by atoms with Gasteiger partial charge in [-0.3, -0.25) is 14.4 Å². The number of carbonyl (C=O) groups excluding carboxylic acids is 3. The van der Waals surface area contributed by atoms with E-state index in [9.17, 15) is 14.4 Å². The summed E-state index contributed by atoms with van der Waals surface area (Å²) in [4.78, 5) is 38.4.